The molecular formula is C32H42N2O5S. The molecule has 0 aliphatic carbocycles. The number of aliphatic hydroxyl groups is 1. The highest BCUT2D eigenvalue weighted by molar-refractivity contribution is 7.98. The Morgan fingerprint density at radius 2 is 1.52 bits per heavy atom. The summed E-state index contributed by atoms with van der Waals surface area (Å²) in [5.74, 6) is -0.709. The van der Waals surface area contributed by atoms with Gasteiger partial charge in [0.05, 0.1) is 24.5 Å². The number of esters is 1. The molecule has 0 spiro atoms. The van der Waals surface area contributed by atoms with E-state index in [0.717, 1.165) is 16.9 Å². The summed E-state index contributed by atoms with van der Waals surface area (Å²) in [6.45, 7) is 9.03. The number of hydrogen-bond donors (Lipinski definition) is 3. The predicted molar refractivity (Wildman–Crippen MR) is 162 cm³/mol. The molecule has 3 N–H and O–H groups in total. The van der Waals surface area contributed by atoms with Gasteiger partial charge in [0, 0.05) is 24.0 Å². The third-order valence-electron chi connectivity index (χ3n) is 6.25. The molecule has 4 atom stereocenters. The van der Waals surface area contributed by atoms with Crippen molar-refractivity contribution in [1.82, 2.24) is 10.6 Å². The number of amides is 2. The average Bonchev–Trinajstić information content (AvgIpc) is 2.96. The van der Waals surface area contributed by atoms with Crippen LogP contribution in [0.15, 0.2) is 86.0 Å². The Hall–Kier alpha value is -3.36. The average molecular weight is 567 g/mol. The van der Waals surface area contributed by atoms with Crippen LogP contribution in [0.4, 0.5) is 0 Å². The molecule has 216 valence electrons. The molecule has 2 aromatic carbocycles. The molecule has 0 aliphatic heterocycles. The minimum Gasteiger partial charge on any atom is -0.463 e. The van der Waals surface area contributed by atoms with Gasteiger partial charge in [-0.05, 0) is 37.3 Å². The van der Waals surface area contributed by atoms with Crippen LogP contribution in [-0.2, 0) is 31.3 Å². The van der Waals surface area contributed by atoms with E-state index in [-0.39, 0.29) is 43.3 Å². The molecule has 0 saturated carbocycles. The lowest BCUT2D eigenvalue weighted by molar-refractivity contribution is -0.149. The summed E-state index contributed by atoms with van der Waals surface area (Å²) in [5.41, 5.74) is 2.19. The van der Waals surface area contributed by atoms with Crippen LogP contribution in [0.1, 0.15) is 37.3 Å². The number of ether oxygens (including phenoxy) is 1. The normalized spacial score (nSPS) is 13.8. The number of rotatable bonds is 19. The third-order valence-corrected chi connectivity index (χ3v) is 7.42. The first-order valence-corrected chi connectivity index (χ1v) is 14.8. The van der Waals surface area contributed by atoms with E-state index in [1.165, 1.54) is 0 Å². The Morgan fingerprint density at radius 1 is 0.925 bits per heavy atom. The summed E-state index contributed by atoms with van der Waals surface area (Å²) in [5, 5.41) is 14.9. The van der Waals surface area contributed by atoms with E-state index in [2.05, 4.69) is 23.8 Å². The Labute approximate surface area is 242 Å². The van der Waals surface area contributed by atoms with E-state index in [0.29, 0.717) is 25.0 Å². The molecule has 7 nitrogen and oxygen atoms in total. The molecule has 0 radical (unpaired) electrons. The minimum atomic E-state index is -0.632. The first kappa shape index (κ1) is 32.8. The number of carbonyl (C=O) groups excluding carboxylic acids is 3. The third kappa shape index (κ3) is 12.7. The van der Waals surface area contributed by atoms with Gasteiger partial charge in [0.2, 0.25) is 11.8 Å². The van der Waals surface area contributed by atoms with E-state index in [9.17, 15) is 19.5 Å². The van der Waals surface area contributed by atoms with Crippen LogP contribution < -0.4 is 10.6 Å². The summed E-state index contributed by atoms with van der Waals surface area (Å²) in [6, 6.07) is 18.9. The van der Waals surface area contributed by atoms with Crippen LogP contribution in [0.3, 0.4) is 0 Å². The molecule has 0 aromatic heterocycles. The second kappa shape index (κ2) is 18.8. The molecule has 2 amide bonds. The Balaban J connectivity index is 2.06. The van der Waals surface area contributed by atoms with Crippen LogP contribution >= 0.6 is 11.8 Å². The Kier molecular flexibility index (Phi) is 15.5. The number of carbonyl (C=O) groups is 3. The SMILES string of the molecule is C=CC[C@H](CC(=O)N[C@H](C)CO)C(=O)N[C@H](COC(=O)[C@@H](CC=C)Cc1ccccc1)CSCc1ccccc1. The van der Waals surface area contributed by atoms with Gasteiger partial charge in [0.1, 0.15) is 6.61 Å². The largest absolute Gasteiger partial charge is 0.463 e. The number of aliphatic hydroxyl groups excluding tert-OH is 1. The number of nitrogens with one attached hydrogen (secondary N) is 2. The number of benzene rings is 2. The number of hydrogen-bond acceptors (Lipinski definition) is 6. The Morgan fingerprint density at radius 3 is 2.12 bits per heavy atom. The monoisotopic (exact) mass is 566 g/mol. The molecule has 0 saturated heterocycles. The lowest BCUT2D eigenvalue weighted by Crippen LogP contribution is -2.45. The molecule has 0 unspecified atom stereocenters. The summed E-state index contributed by atoms with van der Waals surface area (Å²) in [7, 11) is 0. The second-order valence-electron chi connectivity index (χ2n) is 9.82. The lowest BCUT2D eigenvalue weighted by atomic mass is 9.96. The van der Waals surface area contributed by atoms with Crippen LogP contribution in [0, 0.1) is 11.8 Å². The lowest BCUT2D eigenvalue weighted by Gasteiger charge is -2.23. The maximum atomic E-state index is 13.2. The highest BCUT2D eigenvalue weighted by Gasteiger charge is 2.26. The summed E-state index contributed by atoms with van der Waals surface area (Å²) in [6.07, 6.45) is 4.62. The molecule has 40 heavy (non-hydrogen) atoms. The zero-order valence-electron chi connectivity index (χ0n) is 23.3. The van der Waals surface area contributed by atoms with E-state index in [1.54, 1.807) is 30.8 Å². The molecule has 0 bridgehead atoms. The van der Waals surface area contributed by atoms with Gasteiger partial charge < -0.3 is 20.5 Å². The van der Waals surface area contributed by atoms with Gasteiger partial charge in [-0.2, -0.15) is 11.8 Å². The van der Waals surface area contributed by atoms with Crippen molar-refractivity contribution in [3.8, 4) is 0 Å². The first-order chi connectivity index (χ1) is 19.4. The first-order valence-electron chi connectivity index (χ1n) is 13.6. The van der Waals surface area contributed by atoms with Gasteiger partial charge in [-0.1, -0.05) is 72.8 Å². The Bertz CT molecular complexity index is 1060. The topological polar surface area (TPSA) is 105 Å². The fourth-order valence-electron chi connectivity index (χ4n) is 4.09. The van der Waals surface area contributed by atoms with Gasteiger partial charge in [-0.15, -0.1) is 13.2 Å². The van der Waals surface area contributed by atoms with E-state index < -0.39 is 18.0 Å². The second-order valence-corrected chi connectivity index (χ2v) is 10.9. The van der Waals surface area contributed by atoms with E-state index >= 15 is 0 Å². The summed E-state index contributed by atoms with van der Waals surface area (Å²) >= 11 is 1.63. The molecule has 2 rings (SSSR count). The van der Waals surface area contributed by atoms with Crippen LogP contribution in [0.2, 0.25) is 0 Å². The van der Waals surface area contributed by atoms with Crippen molar-refractivity contribution in [2.24, 2.45) is 11.8 Å². The van der Waals surface area contributed by atoms with E-state index in [1.807, 2.05) is 60.7 Å². The van der Waals surface area contributed by atoms with Crippen molar-refractivity contribution in [3.63, 3.8) is 0 Å². The summed E-state index contributed by atoms with van der Waals surface area (Å²) < 4.78 is 5.74. The van der Waals surface area contributed by atoms with Crippen molar-refractivity contribution in [2.45, 2.75) is 50.4 Å². The van der Waals surface area contributed by atoms with Crippen LogP contribution in [0.25, 0.3) is 0 Å². The quantitative estimate of drug-likeness (QED) is 0.171. The molecule has 2 aromatic rings. The van der Waals surface area contributed by atoms with Gasteiger partial charge in [-0.3, -0.25) is 14.4 Å². The van der Waals surface area contributed by atoms with Crippen molar-refractivity contribution in [1.29, 1.82) is 0 Å². The van der Waals surface area contributed by atoms with Gasteiger partial charge in [-0.25, -0.2) is 0 Å². The number of allylic oxidation sites excluding steroid dienone is 2. The van der Waals surface area contributed by atoms with Gasteiger partial charge in [0.25, 0.3) is 0 Å². The zero-order valence-corrected chi connectivity index (χ0v) is 24.1. The molecule has 0 aliphatic rings. The van der Waals surface area contributed by atoms with Crippen molar-refractivity contribution in [3.05, 3.63) is 97.1 Å². The molecule has 0 heterocycles. The standard InChI is InChI=1S/C32H42N2O5S/c1-4-12-27(19-30(36)33-24(3)20-35)31(37)34-29(23-40-22-26-16-10-7-11-17-26)21-39-32(38)28(13-5-2)18-25-14-8-6-9-15-25/h4-11,14-17,24,27-29,35H,1-2,12-13,18-23H2,3H3,(H,33,36)(H,34,37)/t24-,27-,28+,29-/m1/s1. The predicted octanol–water partition coefficient (Wildman–Crippen LogP) is 4.46. The molecule has 8 heteroatoms. The maximum absolute atomic E-state index is 13.2. The van der Waals surface area contributed by atoms with Crippen molar-refractivity contribution >= 4 is 29.5 Å². The highest BCUT2D eigenvalue weighted by atomic mass is 32.2. The summed E-state index contributed by atoms with van der Waals surface area (Å²) in [4.78, 5) is 38.7. The number of thioether (sulfide) groups is 1. The molecule has 0 fully saturated rings. The fourth-order valence-corrected chi connectivity index (χ4v) is 5.10. The van der Waals surface area contributed by atoms with Crippen LogP contribution in [0.5, 0.6) is 0 Å². The van der Waals surface area contributed by atoms with Crippen molar-refractivity contribution < 1.29 is 24.2 Å². The van der Waals surface area contributed by atoms with Gasteiger partial charge in [0.15, 0.2) is 0 Å². The highest BCUT2D eigenvalue weighted by Crippen LogP contribution is 2.18. The van der Waals surface area contributed by atoms with Gasteiger partial charge >= 0.3 is 5.97 Å². The maximum Gasteiger partial charge on any atom is 0.309 e. The zero-order chi connectivity index (χ0) is 29.2. The fraction of sp³-hybridized carbons (Fsp3) is 0.406. The van der Waals surface area contributed by atoms with E-state index in [4.69, 9.17) is 4.74 Å². The smallest absolute Gasteiger partial charge is 0.309 e. The minimum absolute atomic E-state index is 0.0172. The molecular weight excluding hydrogens is 524 g/mol. The van der Waals surface area contributed by atoms with Crippen molar-refractivity contribution in [2.75, 3.05) is 19.0 Å². The van der Waals surface area contributed by atoms with Crippen LogP contribution in [-0.4, -0.2) is 53.9 Å².